The van der Waals surface area contributed by atoms with Gasteiger partial charge in [0.2, 0.25) is 5.91 Å². The molecule has 1 amide bonds. The average molecular weight is 346 g/mol. The summed E-state index contributed by atoms with van der Waals surface area (Å²) in [5, 5.41) is 3.44. The number of amides is 1. The summed E-state index contributed by atoms with van der Waals surface area (Å²) >= 11 is 6.20. The maximum atomic E-state index is 12.0. The molecule has 2 aromatic rings. The molecule has 0 saturated heterocycles. The molecule has 0 aromatic heterocycles. The zero-order valence-electron chi connectivity index (χ0n) is 13.4. The summed E-state index contributed by atoms with van der Waals surface area (Å²) in [6.45, 7) is 1.45. The van der Waals surface area contributed by atoms with Crippen LogP contribution in [0.1, 0.15) is 24.0 Å². The van der Waals surface area contributed by atoms with Crippen LogP contribution < -0.4 is 14.8 Å². The Morgan fingerprint density at radius 1 is 1.08 bits per heavy atom. The van der Waals surface area contributed by atoms with Crippen LogP contribution in [-0.4, -0.2) is 19.1 Å². The van der Waals surface area contributed by atoms with E-state index in [1.807, 2.05) is 24.3 Å². The number of carbonyl (C=O) groups is 1. The lowest BCUT2D eigenvalue weighted by Gasteiger charge is -2.20. The van der Waals surface area contributed by atoms with Crippen LogP contribution in [-0.2, 0) is 17.8 Å². The van der Waals surface area contributed by atoms with Gasteiger partial charge in [-0.05, 0) is 36.1 Å². The van der Waals surface area contributed by atoms with E-state index in [0.717, 1.165) is 18.4 Å². The molecule has 24 heavy (non-hydrogen) atoms. The number of hydrogen-bond acceptors (Lipinski definition) is 3. The average Bonchev–Trinajstić information content (AvgIpc) is 2.61. The molecule has 0 fully saturated rings. The lowest BCUT2D eigenvalue weighted by atomic mass is 10.1. The number of aryl methyl sites for hydroxylation is 1. The molecule has 4 nitrogen and oxygen atoms in total. The van der Waals surface area contributed by atoms with Gasteiger partial charge in [-0.3, -0.25) is 4.79 Å². The van der Waals surface area contributed by atoms with Gasteiger partial charge in [0, 0.05) is 13.0 Å². The van der Waals surface area contributed by atoms with Crippen molar-refractivity contribution in [3.8, 4) is 11.5 Å². The molecule has 126 valence electrons. The minimum Gasteiger partial charge on any atom is -0.486 e. The Kier molecular flexibility index (Phi) is 5.59. The molecule has 1 aliphatic heterocycles. The fraction of sp³-hybridized carbons (Fsp3) is 0.316. The van der Waals surface area contributed by atoms with E-state index in [4.69, 9.17) is 21.1 Å². The van der Waals surface area contributed by atoms with Crippen molar-refractivity contribution in [3.05, 3.63) is 58.6 Å². The summed E-state index contributed by atoms with van der Waals surface area (Å²) in [7, 11) is 0. The molecule has 0 bridgehead atoms. The van der Waals surface area contributed by atoms with E-state index in [-0.39, 0.29) is 5.91 Å². The number of hydrogen-bond donors (Lipinski definition) is 1. The Morgan fingerprint density at radius 2 is 1.88 bits per heavy atom. The molecule has 0 unspecified atom stereocenters. The molecule has 1 N–H and O–H groups in total. The van der Waals surface area contributed by atoms with Crippen LogP contribution in [0.3, 0.4) is 0 Å². The molecule has 0 radical (unpaired) electrons. The summed E-state index contributed by atoms with van der Waals surface area (Å²) in [4.78, 5) is 12.0. The third kappa shape index (κ3) is 4.42. The zero-order chi connectivity index (χ0) is 16.8. The smallest absolute Gasteiger partial charge is 0.220 e. The zero-order valence-corrected chi connectivity index (χ0v) is 14.1. The van der Waals surface area contributed by atoms with E-state index in [9.17, 15) is 4.79 Å². The van der Waals surface area contributed by atoms with Crippen molar-refractivity contribution in [3.63, 3.8) is 0 Å². The van der Waals surface area contributed by atoms with Crippen molar-refractivity contribution >= 4 is 17.5 Å². The fourth-order valence-corrected chi connectivity index (χ4v) is 2.94. The van der Waals surface area contributed by atoms with Crippen LogP contribution in [0.4, 0.5) is 0 Å². The van der Waals surface area contributed by atoms with Gasteiger partial charge in [0.1, 0.15) is 13.2 Å². The van der Waals surface area contributed by atoms with Gasteiger partial charge in [-0.1, -0.05) is 41.9 Å². The van der Waals surface area contributed by atoms with Gasteiger partial charge in [-0.2, -0.15) is 0 Å². The van der Waals surface area contributed by atoms with E-state index >= 15 is 0 Å². The Morgan fingerprint density at radius 3 is 2.71 bits per heavy atom. The number of carbonyl (C=O) groups excluding carboxylic acids is 1. The van der Waals surface area contributed by atoms with Gasteiger partial charge in [0.05, 0.1) is 5.02 Å². The van der Waals surface area contributed by atoms with Crippen LogP contribution in [0.5, 0.6) is 11.5 Å². The molecule has 3 rings (SSSR count). The molecule has 1 aliphatic rings. The molecule has 2 aromatic carbocycles. The fourth-order valence-electron chi connectivity index (χ4n) is 2.65. The Labute approximate surface area is 146 Å². The first-order valence-corrected chi connectivity index (χ1v) is 8.49. The summed E-state index contributed by atoms with van der Waals surface area (Å²) in [6.07, 6.45) is 2.25. The highest BCUT2D eigenvalue weighted by Gasteiger charge is 2.16. The monoisotopic (exact) mass is 345 g/mol. The Hall–Kier alpha value is -2.20. The second-order valence-electron chi connectivity index (χ2n) is 5.72. The minimum absolute atomic E-state index is 0.0388. The second kappa shape index (κ2) is 8.06. The molecule has 0 saturated carbocycles. The highest BCUT2D eigenvalue weighted by atomic mass is 35.5. The molecule has 0 atom stereocenters. The van der Waals surface area contributed by atoms with Crippen LogP contribution in [0.25, 0.3) is 0 Å². The largest absolute Gasteiger partial charge is 0.486 e. The quantitative estimate of drug-likeness (QED) is 0.867. The SMILES string of the molecule is O=C(CCCc1ccccc1)NCc1cc(Cl)c2c(c1)OCCO2. The van der Waals surface area contributed by atoms with Crippen molar-refractivity contribution in [2.24, 2.45) is 0 Å². The molecule has 0 aliphatic carbocycles. The van der Waals surface area contributed by atoms with Gasteiger partial charge in [-0.25, -0.2) is 0 Å². The van der Waals surface area contributed by atoms with Crippen LogP contribution >= 0.6 is 11.6 Å². The first-order valence-electron chi connectivity index (χ1n) is 8.11. The number of fused-ring (bicyclic) bond motifs is 1. The van der Waals surface area contributed by atoms with Crippen LogP contribution in [0.15, 0.2) is 42.5 Å². The highest BCUT2D eigenvalue weighted by Crippen LogP contribution is 2.38. The second-order valence-corrected chi connectivity index (χ2v) is 6.12. The molecule has 0 spiro atoms. The van der Waals surface area contributed by atoms with Crippen molar-refractivity contribution in [1.29, 1.82) is 0 Å². The third-order valence-corrected chi connectivity index (χ3v) is 4.14. The summed E-state index contributed by atoms with van der Waals surface area (Å²) in [5.74, 6) is 1.26. The van der Waals surface area contributed by atoms with Gasteiger partial charge >= 0.3 is 0 Å². The topological polar surface area (TPSA) is 47.6 Å². The van der Waals surface area contributed by atoms with Gasteiger partial charge in [0.15, 0.2) is 11.5 Å². The van der Waals surface area contributed by atoms with E-state index < -0.39 is 0 Å². The van der Waals surface area contributed by atoms with Crippen molar-refractivity contribution in [2.75, 3.05) is 13.2 Å². The number of ether oxygens (including phenoxy) is 2. The van der Waals surface area contributed by atoms with E-state index in [0.29, 0.717) is 42.7 Å². The maximum Gasteiger partial charge on any atom is 0.220 e. The number of rotatable bonds is 6. The van der Waals surface area contributed by atoms with Gasteiger partial charge in [0.25, 0.3) is 0 Å². The maximum absolute atomic E-state index is 12.0. The van der Waals surface area contributed by atoms with Crippen LogP contribution in [0, 0.1) is 0 Å². The Bertz CT molecular complexity index is 703. The van der Waals surface area contributed by atoms with Gasteiger partial charge < -0.3 is 14.8 Å². The van der Waals surface area contributed by atoms with E-state index in [1.165, 1.54) is 5.56 Å². The molecular weight excluding hydrogens is 326 g/mol. The van der Waals surface area contributed by atoms with E-state index in [1.54, 1.807) is 6.07 Å². The Balaban J connectivity index is 1.47. The van der Waals surface area contributed by atoms with Crippen molar-refractivity contribution < 1.29 is 14.3 Å². The third-order valence-electron chi connectivity index (χ3n) is 3.86. The number of benzene rings is 2. The summed E-state index contributed by atoms with van der Waals surface area (Å²) < 4.78 is 11.0. The first-order chi connectivity index (χ1) is 11.7. The van der Waals surface area contributed by atoms with Gasteiger partial charge in [-0.15, -0.1) is 0 Å². The highest BCUT2D eigenvalue weighted by molar-refractivity contribution is 6.32. The molecule has 1 heterocycles. The predicted molar refractivity (Wildman–Crippen MR) is 93.7 cm³/mol. The predicted octanol–water partition coefficient (Wildman–Crippen LogP) is 3.75. The molecule has 5 heteroatoms. The van der Waals surface area contributed by atoms with Crippen LogP contribution in [0.2, 0.25) is 5.02 Å². The summed E-state index contributed by atoms with van der Waals surface area (Å²) in [6, 6.07) is 13.9. The number of halogens is 1. The lowest BCUT2D eigenvalue weighted by molar-refractivity contribution is -0.121. The minimum atomic E-state index is 0.0388. The van der Waals surface area contributed by atoms with E-state index in [2.05, 4.69) is 17.4 Å². The molecular formula is C19H20ClNO3. The first kappa shape index (κ1) is 16.7. The van der Waals surface area contributed by atoms with Crippen molar-refractivity contribution in [1.82, 2.24) is 5.32 Å². The van der Waals surface area contributed by atoms with Crippen molar-refractivity contribution in [2.45, 2.75) is 25.8 Å². The standard InChI is InChI=1S/C19H20ClNO3/c20-16-11-15(12-17-19(16)24-10-9-23-17)13-21-18(22)8-4-7-14-5-2-1-3-6-14/h1-3,5-6,11-12H,4,7-10,13H2,(H,21,22). The lowest BCUT2D eigenvalue weighted by Crippen LogP contribution is -2.23. The number of nitrogens with one attached hydrogen (secondary N) is 1. The normalized spacial score (nSPS) is 12.7. The summed E-state index contributed by atoms with van der Waals surface area (Å²) in [5.41, 5.74) is 2.16.